The van der Waals surface area contributed by atoms with E-state index in [4.69, 9.17) is 0 Å². The molecule has 1 aromatic rings. The van der Waals surface area contributed by atoms with Crippen molar-refractivity contribution < 1.29 is 10.2 Å². The van der Waals surface area contributed by atoms with E-state index in [-0.39, 0.29) is 0 Å². The van der Waals surface area contributed by atoms with Crippen LogP contribution in [-0.2, 0) is 12.1 Å². The van der Waals surface area contributed by atoms with E-state index in [9.17, 15) is 10.2 Å². The fourth-order valence-electron chi connectivity index (χ4n) is 1.01. The molecule has 5 heteroatoms. The molecule has 2 N–H and O–H groups in total. The topological polar surface area (TPSA) is 71.2 Å². The molecule has 0 bridgehead atoms. The summed E-state index contributed by atoms with van der Waals surface area (Å²) in [6.07, 6.45) is 1.92. The standard InChI is InChI=1S/C9H17N3O2/c1-4-7(13)5-12-6-8(10-11-12)9(2,3)14/h6-7,13-14H,4-5H2,1-3H3. The van der Waals surface area contributed by atoms with E-state index < -0.39 is 11.7 Å². The van der Waals surface area contributed by atoms with Crippen LogP contribution < -0.4 is 0 Å². The minimum Gasteiger partial charge on any atom is -0.391 e. The van der Waals surface area contributed by atoms with Crippen LogP contribution >= 0.6 is 0 Å². The molecule has 1 rings (SSSR count). The Morgan fingerprint density at radius 1 is 1.57 bits per heavy atom. The zero-order chi connectivity index (χ0) is 10.8. The molecule has 0 aliphatic heterocycles. The predicted molar refractivity (Wildman–Crippen MR) is 51.6 cm³/mol. The lowest BCUT2D eigenvalue weighted by Gasteiger charge is -2.12. The molecule has 0 saturated heterocycles. The van der Waals surface area contributed by atoms with Crippen molar-refractivity contribution in [3.63, 3.8) is 0 Å². The Balaban J connectivity index is 2.69. The fourth-order valence-corrected chi connectivity index (χ4v) is 1.01. The Hall–Kier alpha value is -0.940. The monoisotopic (exact) mass is 199 g/mol. The quantitative estimate of drug-likeness (QED) is 0.730. The molecule has 1 heterocycles. The van der Waals surface area contributed by atoms with Gasteiger partial charge >= 0.3 is 0 Å². The Morgan fingerprint density at radius 2 is 2.21 bits per heavy atom. The van der Waals surface area contributed by atoms with Gasteiger partial charge in [-0.15, -0.1) is 5.10 Å². The van der Waals surface area contributed by atoms with Crippen LogP contribution in [-0.4, -0.2) is 31.3 Å². The summed E-state index contributed by atoms with van der Waals surface area (Å²) in [6, 6.07) is 0. The largest absolute Gasteiger partial charge is 0.391 e. The Kier molecular flexibility index (Phi) is 3.23. The number of aliphatic hydroxyl groups is 2. The lowest BCUT2D eigenvalue weighted by atomic mass is 10.1. The third-order valence-electron chi connectivity index (χ3n) is 2.03. The molecule has 1 unspecified atom stereocenters. The normalized spacial score (nSPS) is 14.4. The minimum absolute atomic E-state index is 0.411. The number of aliphatic hydroxyl groups excluding tert-OH is 1. The molecule has 5 nitrogen and oxygen atoms in total. The molecule has 0 aromatic carbocycles. The number of aromatic nitrogens is 3. The first-order valence-corrected chi connectivity index (χ1v) is 4.74. The molecule has 1 atom stereocenters. The molecule has 0 aliphatic carbocycles. The van der Waals surface area contributed by atoms with Gasteiger partial charge in [0.2, 0.25) is 0 Å². The summed E-state index contributed by atoms with van der Waals surface area (Å²) in [5, 5.41) is 26.6. The molecule has 0 fully saturated rings. The maximum Gasteiger partial charge on any atom is 0.114 e. The predicted octanol–water partition coefficient (Wildman–Crippen LogP) is 0.276. The Bertz CT molecular complexity index is 290. The Morgan fingerprint density at radius 3 is 2.64 bits per heavy atom. The van der Waals surface area contributed by atoms with Gasteiger partial charge in [-0.3, -0.25) is 0 Å². The average Bonchev–Trinajstić information content (AvgIpc) is 2.51. The SMILES string of the molecule is CCC(O)Cn1cc(C(C)(C)O)nn1. The van der Waals surface area contributed by atoms with Crippen molar-refractivity contribution in [1.29, 1.82) is 0 Å². The van der Waals surface area contributed by atoms with Crippen molar-refractivity contribution in [2.75, 3.05) is 0 Å². The van der Waals surface area contributed by atoms with Gasteiger partial charge in [-0.05, 0) is 20.3 Å². The summed E-state index contributed by atoms with van der Waals surface area (Å²) < 4.78 is 1.54. The van der Waals surface area contributed by atoms with E-state index in [0.29, 0.717) is 18.7 Å². The van der Waals surface area contributed by atoms with Crippen molar-refractivity contribution in [1.82, 2.24) is 15.0 Å². The second-order valence-corrected chi connectivity index (χ2v) is 3.95. The first-order valence-electron chi connectivity index (χ1n) is 4.74. The van der Waals surface area contributed by atoms with Gasteiger partial charge in [-0.25, -0.2) is 4.68 Å². The summed E-state index contributed by atoms with van der Waals surface area (Å²) in [5.41, 5.74) is -0.462. The maximum absolute atomic E-state index is 9.62. The van der Waals surface area contributed by atoms with E-state index in [2.05, 4.69) is 10.3 Å². The van der Waals surface area contributed by atoms with Crippen LogP contribution in [0, 0.1) is 0 Å². The van der Waals surface area contributed by atoms with E-state index in [1.807, 2.05) is 6.92 Å². The van der Waals surface area contributed by atoms with Gasteiger partial charge in [0, 0.05) is 0 Å². The van der Waals surface area contributed by atoms with Crippen LogP contribution in [0.25, 0.3) is 0 Å². The first kappa shape index (κ1) is 11.1. The number of hydrogen-bond acceptors (Lipinski definition) is 4. The Labute approximate surface area is 83.4 Å². The molecule has 0 spiro atoms. The van der Waals surface area contributed by atoms with Gasteiger partial charge in [0.05, 0.1) is 18.8 Å². The highest BCUT2D eigenvalue weighted by molar-refractivity contribution is 5.02. The summed E-state index contributed by atoms with van der Waals surface area (Å²) in [7, 11) is 0. The molecule has 80 valence electrons. The summed E-state index contributed by atoms with van der Waals surface area (Å²) in [6.45, 7) is 5.62. The molecule has 0 aliphatic rings. The molecular formula is C9H17N3O2. The minimum atomic E-state index is -0.977. The smallest absolute Gasteiger partial charge is 0.114 e. The first-order chi connectivity index (χ1) is 6.43. The van der Waals surface area contributed by atoms with Gasteiger partial charge in [0.25, 0.3) is 0 Å². The lowest BCUT2D eigenvalue weighted by Crippen LogP contribution is -2.16. The highest BCUT2D eigenvalue weighted by Crippen LogP contribution is 2.15. The van der Waals surface area contributed by atoms with Gasteiger partial charge in [-0.2, -0.15) is 0 Å². The molecule has 0 radical (unpaired) electrons. The fraction of sp³-hybridized carbons (Fsp3) is 0.778. The van der Waals surface area contributed by atoms with Crippen LogP contribution in [0.4, 0.5) is 0 Å². The van der Waals surface area contributed by atoms with Crippen LogP contribution in [0.2, 0.25) is 0 Å². The molecule has 1 aromatic heterocycles. The average molecular weight is 199 g/mol. The number of rotatable bonds is 4. The van der Waals surface area contributed by atoms with E-state index in [0.717, 1.165) is 0 Å². The van der Waals surface area contributed by atoms with Gasteiger partial charge in [-0.1, -0.05) is 12.1 Å². The number of nitrogens with zero attached hydrogens (tertiary/aromatic N) is 3. The van der Waals surface area contributed by atoms with Crippen LogP contribution in [0.15, 0.2) is 6.20 Å². The zero-order valence-corrected chi connectivity index (χ0v) is 8.80. The highest BCUT2D eigenvalue weighted by Gasteiger charge is 2.20. The van der Waals surface area contributed by atoms with Crippen LogP contribution in [0.3, 0.4) is 0 Å². The summed E-state index contributed by atoms with van der Waals surface area (Å²) in [5.74, 6) is 0. The van der Waals surface area contributed by atoms with Crippen molar-refractivity contribution >= 4 is 0 Å². The van der Waals surface area contributed by atoms with Crippen LogP contribution in [0.1, 0.15) is 32.9 Å². The second kappa shape index (κ2) is 4.06. The summed E-state index contributed by atoms with van der Waals surface area (Å²) in [4.78, 5) is 0. The van der Waals surface area contributed by atoms with Gasteiger partial charge < -0.3 is 10.2 Å². The summed E-state index contributed by atoms with van der Waals surface area (Å²) >= 11 is 0. The van der Waals surface area contributed by atoms with Crippen molar-refractivity contribution in [2.24, 2.45) is 0 Å². The zero-order valence-electron chi connectivity index (χ0n) is 8.80. The second-order valence-electron chi connectivity index (χ2n) is 3.95. The molecule has 0 amide bonds. The van der Waals surface area contributed by atoms with E-state index in [1.165, 1.54) is 0 Å². The molecule has 0 saturated carbocycles. The maximum atomic E-state index is 9.62. The third kappa shape index (κ3) is 2.78. The highest BCUT2D eigenvalue weighted by atomic mass is 16.3. The van der Waals surface area contributed by atoms with Gasteiger partial charge in [0.1, 0.15) is 11.3 Å². The van der Waals surface area contributed by atoms with Crippen molar-refractivity contribution in [3.05, 3.63) is 11.9 Å². The molecular weight excluding hydrogens is 182 g/mol. The van der Waals surface area contributed by atoms with Gasteiger partial charge in [0.15, 0.2) is 0 Å². The van der Waals surface area contributed by atoms with Crippen molar-refractivity contribution in [3.8, 4) is 0 Å². The molecule has 14 heavy (non-hydrogen) atoms. The van der Waals surface area contributed by atoms with Crippen LogP contribution in [0.5, 0.6) is 0 Å². The number of hydrogen-bond donors (Lipinski definition) is 2. The van der Waals surface area contributed by atoms with E-state index >= 15 is 0 Å². The van der Waals surface area contributed by atoms with E-state index in [1.54, 1.807) is 24.7 Å². The van der Waals surface area contributed by atoms with Crippen molar-refractivity contribution in [2.45, 2.75) is 45.4 Å². The third-order valence-corrected chi connectivity index (χ3v) is 2.03. The lowest BCUT2D eigenvalue weighted by molar-refractivity contribution is 0.0736.